The molecule has 0 saturated heterocycles. The number of hydrogen-bond acceptors (Lipinski definition) is 2. The third-order valence-electron chi connectivity index (χ3n) is 5.10. The van der Waals surface area contributed by atoms with Gasteiger partial charge in [0.25, 0.3) is 0 Å². The first-order valence-corrected chi connectivity index (χ1v) is 9.22. The summed E-state index contributed by atoms with van der Waals surface area (Å²) in [5, 5.41) is 3.31. The van der Waals surface area contributed by atoms with Crippen molar-refractivity contribution in [1.82, 2.24) is 0 Å². The lowest BCUT2D eigenvalue weighted by atomic mass is 9.90. The van der Waals surface area contributed by atoms with Crippen LogP contribution in [0.4, 0.5) is 5.69 Å². The molecule has 3 N–H and O–H groups in total. The van der Waals surface area contributed by atoms with Crippen molar-refractivity contribution in [2.24, 2.45) is 10.7 Å². The number of hydrogen-bond donors (Lipinski definition) is 2. The van der Waals surface area contributed by atoms with Crippen LogP contribution in [0.25, 0.3) is 0 Å². The zero-order valence-electron chi connectivity index (χ0n) is 14.6. The van der Waals surface area contributed by atoms with E-state index >= 15 is 0 Å². The molecule has 130 valence electrons. The lowest BCUT2D eigenvalue weighted by molar-refractivity contribution is 0.357. The molecule has 0 radical (unpaired) electrons. The van der Waals surface area contributed by atoms with E-state index in [0.29, 0.717) is 12.5 Å². The number of nitrogens with zero attached hydrogens (tertiary/aromatic N) is 1. The number of rotatable bonds is 4. The molecular formula is C21H25N3O. The molecule has 1 aliphatic carbocycles. The third kappa shape index (κ3) is 3.63. The van der Waals surface area contributed by atoms with Crippen LogP contribution in [0.1, 0.15) is 35.1 Å². The highest BCUT2D eigenvalue weighted by atomic mass is 16.5. The van der Waals surface area contributed by atoms with Gasteiger partial charge in [-0.25, -0.2) is 0 Å². The van der Waals surface area contributed by atoms with E-state index in [1.807, 2.05) is 0 Å². The third-order valence-corrected chi connectivity index (χ3v) is 5.10. The van der Waals surface area contributed by atoms with Gasteiger partial charge in [0.05, 0.1) is 6.61 Å². The second-order valence-corrected chi connectivity index (χ2v) is 6.83. The standard InChI is InChI=1S/C21H25N3O/c22-21(24-19-7-3-5-16-4-1-2-6-18(16)19)23-12-10-15-8-9-20-17(14-15)11-13-25-20/h3,5,7-9,14H,1-2,4,6,10-13H2,(H3,22,23,24). The fraction of sp³-hybridized carbons (Fsp3) is 0.381. The van der Waals surface area contributed by atoms with Crippen molar-refractivity contribution in [2.75, 3.05) is 18.5 Å². The SMILES string of the molecule is NC(=NCCc1ccc2c(c1)CCO2)Nc1cccc2c1CCCC2. The average Bonchev–Trinajstić information content (AvgIpc) is 3.10. The van der Waals surface area contributed by atoms with E-state index in [1.165, 1.54) is 41.5 Å². The molecule has 4 heteroatoms. The summed E-state index contributed by atoms with van der Waals surface area (Å²) in [6.45, 7) is 1.49. The summed E-state index contributed by atoms with van der Waals surface area (Å²) in [4.78, 5) is 4.51. The molecule has 0 saturated carbocycles. The molecule has 0 aromatic heterocycles. The summed E-state index contributed by atoms with van der Waals surface area (Å²) in [6.07, 6.45) is 6.74. The molecule has 1 heterocycles. The Bertz CT molecular complexity index is 798. The fourth-order valence-electron chi connectivity index (χ4n) is 3.78. The summed E-state index contributed by atoms with van der Waals surface area (Å²) in [5.74, 6) is 1.53. The Balaban J connectivity index is 1.38. The van der Waals surface area contributed by atoms with Crippen LogP contribution >= 0.6 is 0 Å². The van der Waals surface area contributed by atoms with E-state index in [9.17, 15) is 0 Å². The minimum absolute atomic E-state index is 0.503. The number of benzene rings is 2. The molecule has 0 amide bonds. The highest BCUT2D eigenvalue weighted by molar-refractivity contribution is 5.93. The van der Waals surface area contributed by atoms with Gasteiger partial charge in [-0.2, -0.15) is 0 Å². The first-order valence-electron chi connectivity index (χ1n) is 9.22. The van der Waals surface area contributed by atoms with Gasteiger partial charge in [-0.1, -0.05) is 24.3 Å². The van der Waals surface area contributed by atoms with Crippen LogP contribution in [0.15, 0.2) is 41.4 Å². The molecule has 4 nitrogen and oxygen atoms in total. The van der Waals surface area contributed by atoms with Crippen molar-refractivity contribution in [3.63, 3.8) is 0 Å². The predicted molar refractivity (Wildman–Crippen MR) is 103 cm³/mol. The largest absolute Gasteiger partial charge is 0.493 e. The summed E-state index contributed by atoms with van der Waals surface area (Å²) in [6, 6.07) is 12.9. The molecule has 2 aromatic rings. The van der Waals surface area contributed by atoms with E-state index in [-0.39, 0.29) is 0 Å². The maximum Gasteiger partial charge on any atom is 0.193 e. The van der Waals surface area contributed by atoms with Crippen LogP contribution in [0.5, 0.6) is 5.75 Å². The molecule has 1 aliphatic heterocycles. The molecule has 25 heavy (non-hydrogen) atoms. The molecule has 0 spiro atoms. The van der Waals surface area contributed by atoms with E-state index in [4.69, 9.17) is 10.5 Å². The molecule has 0 unspecified atom stereocenters. The van der Waals surface area contributed by atoms with Crippen LogP contribution in [0, 0.1) is 0 Å². The van der Waals surface area contributed by atoms with Crippen LogP contribution in [0.2, 0.25) is 0 Å². The van der Waals surface area contributed by atoms with E-state index in [0.717, 1.165) is 37.3 Å². The summed E-state index contributed by atoms with van der Waals surface area (Å²) in [5.41, 5.74) is 12.7. The van der Waals surface area contributed by atoms with Crippen molar-refractivity contribution in [1.29, 1.82) is 0 Å². The number of nitrogens with two attached hydrogens (primary N) is 1. The number of fused-ring (bicyclic) bond motifs is 2. The first kappa shape index (κ1) is 16.0. The van der Waals surface area contributed by atoms with Crippen molar-refractivity contribution in [3.8, 4) is 5.75 Å². The smallest absolute Gasteiger partial charge is 0.193 e. The van der Waals surface area contributed by atoms with E-state index in [2.05, 4.69) is 46.7 Å². The lowest BCUT2D eigenvalue weighted by Gasteiger charge is -2.19. The summed E-state index contributed by atoms with van der Waals surface area (Å²) in [7, 11) is 0. The average molecular weight is 335 g/mol. The number of anilines is 1. The molecule has 4 rings (SSSR count). The second-order valence-electron chi connectivity index (χ2n) is 6.83. The van der Waals surface area contributed by atoms with Gasteiger partial charge < -0.3 is 15.8 Å². The van der Waals surface area contributed by atoms with Crippen LogP contribution in [0.3, 0.4) is 0 Å². The van der Waals surface area contributed by atoms with Crippen LogP contribution in [-0.4, -0.2) is 19.1 Å². The zero-order valence-corrected chi connectivity index (χ0v) is 14.6. The molecule has 0 atom stereocenters. The predicted octanol–water partition coefficient (Wildman–Crippen LogP) is 3.47. The Morgan fingerprint density at radius 1 is 1.08 bits per heavy atom. The monoisotopic (exact) mass is 335 g/mol. The van der Waals surface area contributed by atoms with Crippen molar-refractivity contribution in [3.05, 3.63) is 58.7 Å². The van der Waals surface area contributed by atoms with Gasteiger partial charge >= 0.3 is 0 Å². The van der Waals surface area contributed by atoms with Crippen LogP contribution in [-0.2, 0) is 25.7 Å². The fourth-order valence-corrected chi connectivity index (χ4v) is 3.78. The first-order chi connectivity index (χ1) is 12.3. The lowest BCUT2D eigenvalue weighted by Crippen LogP contribution is -2.24. The number of guanidine groups is 1. The Kier molecular flexibility index (Phi) is 4.59. The number of aryl methyl sites for hydroxylation is 1. The molecule has 0 bridgehead atoms. The van der Waals surface area contributed by atoms with Gasteiger partial charge in [-0.15, -0.1) is 0 Å². The highest BCUT2D eigenvalue weighted by Gasteiger charge is 2.13. The Hall–Kier alpha value is -2.49. The Morgan fingerprint density at radius 3 is 2.96 bits per heavy atom. The Labute approximate surface area is 149 Å². The zero-order chi connectivity index (χ0) is 17.1. The molecule has 2 aromatic carbocycles. The maximum atomic E-state index is 6.11. The van der Waals surface area contributed by atoms with E-state index in [1.54, 1.807) is 0 Å². The highest BCUT2D eigenvalue weighted by Crippen LogP contribution is 2.28. The van der Waals surface area contributed by atoms with Crippen LogP contribution < -0.4 is 15.8 Å². The van der Waals surface area contributed by atoms with Gasteiger partial charge in [0, 0.05) is 18.7 Å². The minimum Gasteiger partial charge on any atom is -0.493 e. The van der Waals surface area contributed by atoms with Crippen molar-refractivity contribution in [2.45, 2.75) is 38.5 Å². The minimum atomic E-state index is 0.503. The number of ether oxygens (including phenoxy) is 1. The molecular weight excluding hydrogens is 310 g/mol. The Morgan fingerprint density at radius 2 is 2.00 bits per heavy atom. The quantitative estimate of drug-likeness (QED) is 0.664. The maximum absolute atomic E-state index is 6.11. The summed E-state index contributed by atoms with van der Waals surface area (Å²) < 4.78 is 5.55. The van der Waals surface area contributed by atoms with Gasteiger partial charge in [0.1, 0.15) is 5.75 Å². The topological polar surface area (TPSA) is 59.6 Å². The number of aliphatic imine (C=N–C) groups is 1. The normalized spacial score (nSPS) is 16.1. The van der Waals surface area contributed by atoms with E-state index < -0.39 is 0 Å². The van der Waals surface area contributed by atoms with Gasteiger partial charge in [0.2, 0.25) is 0 Å². The van der Waals surface area contributed by atoms with Gasteiger partial charge in [-0.3, -0.25) is 4.99 Å². The van der Waals surface area contributed by atoms with Gasteiger partial charge in [0.15, 0.2) is 5.96 Å². The molecule has 2 aliphatic rings. The number of nitrogens with one attached hydrogen (secondary N) is 1. The van der Waals surface area contributed by atoms with Crippen molar-refractivity contribution < 1.29 is 4.74 Å². The molecule has 0 fully saturated rings. The van der Waals surface area contributed by atoms with Gasteiger partial charge in [-0.05, 0) is 66.5 Å². The summed E-state index contributed by atoms with van der Waals surface area (Å²) >= 11 is 0. The second kappa shape index (κ2) is 7.18. The van der Waals surface area contributed by atoms with Crippen molar-refractivity contribution >= 4 is 11.6 Å².